The molecule has 1 aliphatic heterocycles. The molecule has 0 spiro atoms. The second-order valence-corrected chi connectivity index (χ2v) is 7.43. The molecule has 0 saturated heterocycles. The van der Waals surface area contributed by atoms with Crippen LogP contribution in [0.1, 0.15) is 22.3 Å². The van der Waals surface area contributed by atoms with Crippen LogP contribution in [0.25, 0.3) is 0 Å². The molecular formula is C22H29N3O3. The third kappa shape index (κ3) is 4.75. The van der Waals surface area contributed by atoms with Gasteiger partial charge < -0.3 is 25.4 Å². The zero-order valence-electron chi connectivity index (χ0n) is 16.8. The van der Waals surface area contributed by atoms with Gasteiger partial charge in [0.1, 0.15) is 0 Å². The number of nitrogens with zero attached hydrogens (tertiary/aromatic N) is 1. The van der Waals surface area contributed by atoms with Crippen molar-refractivity contribution in [2.45, 2.75) is 32.2 Å². The summed E-state index contributed by atoms with van der Waals surface area (Å²) < 4.78 is 11.2. The lowest BCUT2D eigenvalue weighted by Gasteiger charge is -2.27. The van der Waals surface area contributed by atoms with E-state index in [9.17, 15) is 4.79 Å². The van der Waals surface area contributed by atoms with E-state index in [0.29, 0.717) is 12.6 Å². The molecule has 0 fully saturated rings. The van der Waals surface area contributed by atoms with Crippen LogP contribution in [0.15, 0.2) is 36.4 Å². The first-order valence-corrected chi connectivity index (χ1v) is 9.60. The second-order valence-electron chi connectivity index (χ2n) is 7.43. The Balaban J connectivity index is 1.79. The van der Waals surface area contributed by atoms with Crippen molar-refractivity contribution in [2.75, 3.05) is 27.4 Å². The molecule has 28 heavy (non-hydrogen) atoms. The molecule has 3 rings (SSSR count). The van der Waals surface area contributed by atoms with E-state index in [1.807, 2.05) is 12.1 Å². The molecule has 1 aliphatic rings. The number of urea groups is 1. The van der Waals surface area contributed by atoms with Gasteiger partial charge in [0.15, 0.2) is 11.5 Å². The highest BCUT2D eigenvalue weighted by molar-refractivity contribution is 5.71. The van der Waals surface area contributed by atoms with Crippen LogP contribution in [-0.4, -0.2) is 44.4 Å². The molecule has 6 nitrogen and oxygen atoms in total. The van der Waals surface area contributed by atoms with Gasteiger partial charge in [0.25, 0.3) is 0 Å². The Hall–Kier alpha value is -2.73. The lowest BCUT2D eigenvalue weighted by Crippen LogP contribution is -2.33. The summed E-state index contributed by atoms with van der Waals surface area (Å²) in [6.45, 7) is 2.97. The van der Waals surface area contributed by atoms with E-state index in [2.05, 4.69) is 55.5 Å². The number of fused-ring (bicyclic) bond motifs is 1. The highest BCUT2D eigenvalue weighted by Crippen LogP contribution is 2.36. The van der Waals surface area contributed by atoms with Crippen molar-refractivity contribution in [3.8, 4) is 11.5 Å². The number of benzene rings is 2. The Kier molecular flexibility index (Phi) is 6.41. The van der Waals surface area contributed by atoms with Crippen LogP contribution in [0.3, 0.4) is 0 Å². The van der Waals surface area contributed by atoms with Crippen molar-refractivity contribution in [3.05, 3.63) is 58.7 Å². The fourth-order valence-electron chi connectivity index (χ4n) is 3.69. The van der Waals surface area contributed by atoms with Crippen LogP contribution in [0.5, 0.6) is 11.5 Å². The molecule has 0 aromatic heterocycles. The molecule has 2 aromatic carbocycles. The van der Waals surface area contributed by atoms with E-state index >= 15 is 0 Å². The van der Waals surface area contributed by atoms with E-state index in [4.69, 9.17) is 15.2 Å². The molecule has 3 N–H and O–H groups in total. The van der Waals surface area contributed by atoms with Crippen molar-refractivity contribution < 1.29 is 14.3 Å². The number of likely N-dealkylation sites (N-methyl/N-ethyl adjacent to an activating group) is 1. The average molecular weight is 383 g/mol. The maximum Gasteiger partial charge on any atom is 0.312 e. The molecule has 0 bridgehead atoms. The highest BCUT2D eigenvalue weighted by Gasteiger charge is 2.22. The fraction of sp³-hybridized carbons (Fsp3) is 0.409. The maximum atomic E-state index is 11.0. The number of carbonyl (C=O) groups excluding carboxylic acids is 1. The maximum absolute atomic E-state index is 11.0. The zero-order chi connectivity index (χ0) is 20.1. The van der Waals surface area contributed by atoms with E-state index in [0.717, 1.165) is 30.8 Å². The molecule has 150 valence electrons. The van der Waals surface area contributed by atoms with Gasteiger partial charge in [-0.3, -0.25) is 0 Å². The SMILES string of the molecule is Cc1cccc(CCNC(N)=O)c1CC(Cc1cccc2c1OCO2)N(C)C. The van der Waals surface area contributed by atoms with Gasteiger partial charge in [-0.25, -0.2) is 4.79 Å². The minimum Gasteiger partial charge on any atom is -0.454 e. The van der Waals surface area contributed by atoms with E-state index in [-0.39, 0.29) is 6.79 Å². The minimum absolute atomic E-state index is 0.285. The van der Waals surface area contributed by atoms with Crippen molar-refractivity contribution in [1.29, 1.82) is 0 Å². The van der Waals surface area contributed by atoms with Gasteiger partial charge in [-0.05, 0) is 68.6 Å². The van der Waals surface area contributed by atoms with E-state index < -0.39 is 6.03 Å². The summed E-state index contributed by atoms with van der Waals surface area (Å²) in [5.41, 5.74) is 10.2. The molecule has 2 amide bonds. The summed E-state index contributed by atoms with van der Waals surface area (Å²) in [7, 11) is 4.22. The van der Waals surface area contributed by atoms with Crippen LogP contribution < -0.4 is 20.5 Å². The van der Waals surface area contributed by atoms with Gasteiger partial charge >= 0.3 is 6.03 Å². The molecule has 0 saturated carbocycles. The number of aryl methyl sites for hydroxylation is 1. The molecule has 1 heterocycles. The molecular weight excluding hydrogens is 354 g/mol. The summed E-state index contributed by atoms with van der Waals surface area (Å²) in [6.07, 6.45) is 2.54. The number of ether oxygens (including phenoxy) is 2. The van der Waals surface area contributed by atoms with Crippen molar-refractivity contribution in [3.63, 3.8) is 0 Å². The Bertz CT molecular complexity index is 836. The summed E-state index contributed by atoms with van der Waals surface area (Å²) >= 11 is 0. The quantitative estimate of drug-likeness (QED) is 0.735. The summed E-state index contributed by atoms with van der Waals surface area (Å²) in [4.78, 5) is 13.2. The monoisotopic (exact) mass is 383 g/mol. The van der Waals surface area contributed by atoms with Crippen molar-refractivity contribution in [1.82, 2.24) is 10.2 Å². The normalized spacial score (nSPS) is 13.6. The summed E-state index contributed by atoms with van der Waals surface area (Å²) in [6, 6.07) is 12.2. The number of hydrogen-bond donors (Lipinski definition) is 2. The standard InChI is InChI=1S/C22H29N3O3/c1-15-6-4-7-16(10-11-24-22(23)26)19(15)13-18(25(2)3)12-17-8-5-9-20-21(17)28-14-27-20/h4-9,18H,10-14H2,1-3H3,(H3,23,24,26). The fourth-order valence-corrected chi connectivity index (χ4v) is 3.69. The number of para-hydroxylation sites is 1. The first kappa shape index (κ1) is 20.0. The second kappa shape index (κ2) is 8.97. The number of nitrogens with one attached hydrogen (secondary N) is 1. The molecule has 0 radical (unpaired) electrons. The van der Waals surface area contributed by atoms with Crippen LogP contribution in [-0.2, 0) is 19.3 Å². The van der Waals surface area contributed by atoms with Crippen molar-refractivity contribution in [2.24, 2.45) is 5.73 Å². The minimum atomic E-state index is -0.486. The van der Waals surface area contributed by atoms with Gasteiger partial charge in [-0.1, -0.05) is 30.3 Å². The topological polar surface area (TPSA) is 76.8 Å². The first-order valence-electron chi connectivity index (χ1n) is 9.60. The molecule has 1 atom stereocenters. The van der Waals surface area contributed by atoms with E-state index in [1.54, 1.807) is 0 Å². The van der Waals surface area contributed by atoms with Crippen LogP contribution >= 0.6 is 0 Å². The average Bonchev–Trinajstić information content (AvgIpc) is 3.12. The highest BCUT2D eigenvalue weighted by atomic mass is 16.7. The van der Waals surface area contributed by atoms with Gasteiger partial charge in [0.05, 0.1) is 0 Å². The number of nitrogens with two attached hydrogens (primary N) is 1. The molecule has 6 heteroatoms. The molecule has 2 aromatic rings. The first-order chi connectivity index (χ1) is 13.5. The Morgan fingerprint density at radius 3 is 2.64 bits per heavy atom. The van der Waals surface area contributed by atoms with Crippen LogP contribution in [0.4, 0.5) is 4.79 Å². The number of carbonyl (C=O) groups is 1. The summed E-state index contributed by atoms with van der Waals surface area (Å²) in [5.74, 6) is 1.69. The predicted octanol–water partition coefficient (Wildman–Crippen LogP) is 2.65. The Labute approximate surface area is 166 Å². The predicted molar refractivity (Wildman–Crippen MR) is 110 cm³/mol. The Morgan fingerprint density at radius 2 is 1.89 bits per heavy atom. The number of rotatable bonds is 8. The van der Waals surface area contributed by atoms with Gasteiger partial charge in [-0.15, -0.1) is 0 Å². The van der Waals surface area contributed by atoms with Crippen LogP contribution in [0, 0.1) is 6.92 Å². The number of amides is 2. The van der Waals surface area contributed by atoms with E-state index in [1.165, 1.54) is 22.3 Å². The molecule has 1 unspecified atom stereocenters. The lowest BCUT2D eigenvalue weighted by molar-refractivity contribution is 0.172. The van der Waals surface area contributed by atoms with Crippen molar-refractivity contribution >= 4 is 6.03 Å². The lowest BCUT2D eigenvalue weighted by atomic mass is 9.90. The largest absolute Gasteiger partial charge is 0.454 e. The van der Waals surface area contributed by atoms with Crippen LogP contribution in [0.2, 0.25) is 0 Å². The third-order valence-corrected chi connectivity index (χ3v) is 5.30. The zero-order valence-corrected chi connectivity index (χ0v) is 16.8. The third-order valence-electron chi connectivity index (χ3n) is 5.30. The smallest absolute Gasteiger partial charge is 0.312 e. The van der Waals surface area contributed by atoms with Gasteiger partial charge in [0.2, 0.25) is 6.79 Å². The van der Waals surface area contributed by atoms with Gasteiger partial charge in [0, 0.05) is 12.6 Å². The molecule has 0 aliphatic carbocycles. The summed E-state index contributed by atoms with van der Waals surface area (Å²) in [5, 5.41) is 2.68. The number of hydrogen-bond acceptors (Lipinski definition) is 4. The van der Waals surface area contributed by atoms with Gasteiger partial charge in [-0.2, -0.15) is 0 Å². The number of primary amides is 1. The Morgan fingerprint density at radius 1 is 1.14 bits per heavy atom.